The highest BCUT2D eigenvalue weighted by atomic mass is 16.6. The summed E-state index contributed by atoms with van der Waals surface area (Å²) >= 11 is 0. The number of rotatable bonds is 19. The maximum Gasteiger partial charge on any atom is 0.320 e. The summed E-state index contributed by atoms with van der Waals surface area (Å²) in [5.41, 5.74) is 1.75. The van der Waals surface area contributed by atoms with Gasteiger partial charge in [0, 0.05) is 86.8 Å². The maximum absolute atomic E-state index is 12.9. The van der Waals surface area contributed by atoms with Crippen LogP contribution in [0.3, 0.4) is 0 Å². The molecule has 0 aliphatic rings. The first-order valence-electron chi connectivity index (χ1n) is 19.5. The van der Waals surface area contributed by atoms with Crippen LogP contribution in [-0.4, -0.2) is 119 Å². The molecule has 314 valence electrons. The van der Waals surface area contributed by atoms with E-state index in [4.69, 9.17) is 14.2 Å². The van der Waals surface area contributed by atoms with E-state index in [1.165, 1.54) is 0 Å². The fraction of sp³-hybridized carbons (Fsp3) is 0.500. The number of pyridine rings is 2. The summed E-state index contributed by atoms with van der Waals surface area (Å²) in [4.78, 5) is 62.7. The molecule has 14 heteroatoms. The summed E-state index contributed by atoms with van der Waals surface area (Å²) in [6, 6.07) is 14.4. The van der Waals surface area contributed by atoms with Crippen molar-refractivity contribution in [3.8, 4) is 11.8 Å². The quantitative estimate of drug-likeness (QED) is 0.0676. The van der Waals surface area contributed by atoms with Crippen LogP contribution in [0.1, 0.15) is 89.5 Å². The first kappa shape index (κ1) is 47.2. The second kappa shape index (κ2) is 22.7. The molecule has 2 aromatic heterocycles. The lowest BCUT2D eigenvalue weighted by Gasteiger charge is -2.29. The van der Waals surface area contributed by atoms with Gasteiger partial charge >= 0.3 is 17.9 Å². The van der Waals surface area contributed by atoms with Crippen LogP contribution in [0.15, 0.2) is 67.1 Å². The maximum atomic E-state index is 12.9. The monoisotopic (exact) mass is 799 g/mol. The number of anilines is 1. The number of nitrogens with one attached hydrogen (secondary N) is 3. The molecular weight excluding hydrogens is 739 g/mol. The minimum atomic E-state index is -0.636. The normalized spacial score (nSPS) is 11.8. The van der Waals surface area contributed by atoms with E-state index in [0.29, 0.717) is 57.1 Å². The van der Waals surface area contributed by atoms with E-state index in [-0.39, 0.29) is 43.4 Å². The van der Waals surface area contributed by atoms with Crippen molar-refractivity contribution >= 4 is 29.5 Å². The van der Waals surface area contributed by atoms with Crippen molar-refractivity contribution in [2.75, 3.05) is 64.2 Å². The smallest absolute Gasteiger partial charge is 0.320 e. The van der Waals surface area contributed by atoms with E-state index in [0.717, 1.165) is 16.8 Å². The molecule has 1 amide bonds. The van der Waals surface area contributed by atoms with Gasteiger partial charge in [0.05, 0.1) is 25.3 Å². The zero-order valence-electron chi connectivity index (χ0n) is 35.6. The molecule has 0 radical (unpaired) electrons. The van der Waals surface area contributed by atoms with Gasteiger partial charge in [-0.3, -0.25) is 38.9 Å². The second-order valence-corrected chi connectivity index (χ2v) is 16.7. The molecule has 0 unspecified atom stereocenters. The molecule has 0 saturated heterocycles. The third kappa shape index (κ3) is 20.8. The van der Waals surface area contributed by atoms with Crippen LogP contribution in [0.5, 0.6) is 0 Å². The number of amides is 1. The number of carbonyl (C=O) groups is 4. The van der Waals surface area contributed by atoms with Crippen LogP contribution >= 0.6 is 0 Å². The highest BCUT2D eigenvalue weighted by Crippen LogP contribution is 2.12. The molecule has 0 aliphatic heterocycles. The summed E-state index contributed by atoms with van der Waals surface area (Å²) < 4.78 is 16.6. The second-order valence-electron chi connectivity index (χ2n) is 16.7. The predicted molar refractivity (Wildman–Crippen MR) is 224 cm³/mol. The van der Waals surface area contributed by atoms with Gasteiger partial charge in [0.15, 0.2) is 0 Å². The average molecular weight is 800 g/mol. The first-order chi connectivity index (χ1) is 27.2. The highest BCUT2D eigenvalue weighted by molar-refractivity contribution is 6.04. The van der Waals surface area contributed by atoms with E-state index in [1.807, 2.05) is 109 Å². The third-order valence-electron chi connectivity index (χ3n) is 7.74. The average Bonchev–Trinajstić information content (AvgIpc) is 3.11. The molecule has 58 heavy (non-hydrogen) atoms. The Kier molecular flexibility index (Phi) is 18.4. The Morgan fingerprint density at radius 1 is 0.621 bits per heavy atom. The van der Waals surface area contributed by atoms with Gasteiger partial charge < -0.3 is 30.2 Å². The van der Waals surface area contributed by atoms with Gasteiger partial charge in [-0.1, -0.05) is 11.8 Å². The van der Waals surface area contributed by atoms with Crippen molar-refractivity contribution < 1.29 is 33.4 Å². The summed E-state index contributed by atoms with van der Waals surface area (Å²) in [6.07, 6.45) is 4.87. The molecule has 0 atom stereocenters. The molecule has 1 aromatic carbocycles. The van der Waals surface area contributed by atoms with Crippen molar-refractivity contribution in [1.82, 2.24) is 30.4 Å². The third-order valence-corrected chi connectivity index (χ3v) is 7.74. The zero-order valence-corrected chi connectivity index (χ0v) is 35.6. The van der Waals surface area contributed by atoms with Crippen molar-refractivity contribution in [2.24, 2.45) is 0 Å². The van der Waals surface area contributed by atoms with E-state index >= 15 is 0 Å². The van der Waals surface area contributed by atoms with Gasteiger partial charge in [-0.25, -0.2) is 0 Å². The number of ether oxygens (including phenoxy) is 3. The Hall–Kier alpha value is -5.20. The molecule has 0 spiro atoms. The standard InChI is InChI=1S/C44H61N7O7/c1-42(2,3)56-38(52)30-47-23-25-51(32-40(54)58-44(7,8)9)27-26-50(31-39(53)57-43(4,5)6)24-22-46-29-37-28-34(16-21-48-37)11-10-33-12-14-36(15-13-33)49-41(55)35-17-19-45-20-18-35/h12-21,28,46-47H,22-27,29-32H2,1-9H3,(H,49,55). The topological polar surface area (TPSA) is 164 Å². The lowest BCUT2D eigenvalue weighted by atomic mass is 10.1. The van der Waals surface area contributed by atoms with Crippen LogP contribution in [0.2, 0.25) is 0 Å². The summed E-state index contributed by atoms with van der Waals surface area (Å²) in [5.74, 6) is 5.07. The Balaban J connectivity index is 1.58. The largest absolute Gasteiger partial charge is 0.459 e. The number of hydrogen-bond acceptors (Lipinski definition) is 13. The van der Waals surface area contributed by atoms with E-state index in [1.54, 1.807) is 30.7 Å². The predicted octanol–water partition coefficient (Wildman–Crippen LogP) is 4.44. The molecule has 0 bridgehead atoms. The van der Waals surface area contributed by atoms with Gasteiger partial charge in [-0.2, -0.15) is 0 Å². The molecule has 3 rings (SSSR count). The van der Waals surface area contributed by atoms with Crippen molar-refractivity contribution in [3.05, 3.63) is 89.5 Å². The number of carbonyl (C=O) groups excluding carboxylic acids is 4. The van der Waals surface area contributed by atoms with Gasteiger partial charge in [0.1, 0.15) is 16.8 Å². The van der Waals surface area contributed by atoms with Crippen LogP contribution in [0.4, 0.5) is 5.69 Å². The molecule has 2 heterocycles. The minimum absolute atomic E-state index is 0.0443. The Labute approximate surface area is 343 Å². The minimum Gasteiger partial charge on any atom is -0.459 e. The lowest BCUT2D eigenvalue weighted by molar-refractivity contribution is -0.158. The number of nitrogens with zero attached hydrogens (tertiary/aromatic N) is 4. The molecular formula is C44H61N7O7. The molecule has 3 N–H and O–H groups in total. The summed E-state index contributed by atoms with van der Waals surface area (Å²) in [6.45, 7) is 19.9. The van der Waals surface area contributed by atoms with E-state index < -0.39 is 16.8 Å². The SMILES string of the molecule is CC(C)(C)OC(=O)CNCCN(CCN(CCNCc1cc(C#Cc2ccc(NC(=O)c3ccncc3)cc2)ccn1)CC(=O)OC(C)(C)C)CC(=O)OC(C)(C)C. The van der Waals surface area contributed by atoms with Gasteiger partial charge in [-0.05, 0) is 111 Å². The van der Waals surface area contributed by atoms with Crippen LogP contribution in [-0.2, 0) is 35.1 Å². The number of benzene rings is 1. The summed E-state index contributed by atoms with van der Waals surface area (Å²) in [5, 5.41) is 9.39. The van der Waals surface area contributed by atoms with E-state index in [2.05, 4.69) is 37.8 Å². The van der Waals surface area contributed by atoms with E-state index in [9.17, 15) is 19.2 Å². The lowest BCUT2D eigenvalue weighted by Crippen LogP contribution is -2.45. The molecule has 0 fully saturated rings. The fourth-order valence-corrected chi connectivity index (χ4v) is 5.33. The van der Waals surface area contributed by atoms with Crippen molar-refractivity contribution in [1.29, 1.82) is 0 Å². The zero-order chi connectivity index (χ0) is 42.8. The Morgan fingerprint density at radius 3 is 1.69 bits per heavy atom. The Morgan fingerprint density at radius 2 is 1.14 bits per heavy atom. The number of esters is 3. The number of hydrogen-bond donors (Lipinski definition) is 3. The van der Waals surface area contributed by atoms with Gasteiger partial charge in [-0.15, -0.1) is 0 Å². The first-order valence-corrected chi connectivity index (χ1v) is 19.5. The van der Waals surface area contributed by atoms with Gasteiger partial charge in [0.2, 0.25) is 0 Å². The molecule has 14 nitrogen and oxygen atoms in total. The van der Waals surface area contributed by atoms with Gasteiger partial charge in [0.25, 0.3) is 5.91 Å². The fourth-order valence-electron chi connectivity index (χ4n) is 5.33. The van der Waals surface area contributed by atoms with Crippen LogP contribution < -0.4 is 16.0 Å². The van der Waals surface area contributed by atoms with Crippen molar-refractivity contribution in [2.45, 2.75) is 85.7 Å². The molecule has 0 saturated carbocycles. The molecule has 0 aliphatic carbocycles. The van der Waals surface area contributed by atoms with Crippen LogP contribution in [0.25, 0.3) is 0 Å². The molecule has 3 aromatic rings. The Bertz CT molecular complexity index is 1840. The highest BCUT2D eigenvalue weighted by Gasteiger charge is 2.22. The summed E-state index contributed by atoms with van der Waals surface area (Å²) in [7, 11) is 0. The van der Waals surface area contributed by atoms with Crippen molar-refractivity contribution in [3.63, 3.8) is 0 Å². The number of aromatic nitrogens is 2. The van der Waals surface area contributed by atoms with Crippen LogP contribution in [0, 0.1) is 11.8 Å².